The van der Waals surface area contributed by atoms with E-state index in [1.165, 1.54) is 6.07 Å². The molecule has 18 heavy (non-hydrogen) atoms. The number of thiocarbonyl (C=S) groups is 1. The highest BCUT2D eigenvalue weighted by Gasteiger charge is 2.28. The monoisotopic (exact) mass is 284 g/mol. The Bertz CT molecular complexity index is 531. The van der Waals surface area contributed by atoms with Crippen LogP contribution in [-0.2, 0) is 14.3 Å². The minimum atomic E-state index is -0.426. The summed E-state index contributed by atoms with van der Waals surface area (Å²) in [6.07, 6.45) is 0. The number of benzene rings is 1. The summed E-state index contributed by atoms with van der Waals surface area (Å²) in [5, 5.41) is 0.298. The average molecular weight is 285 g/mol. The Morgan fingerprint density at radius 3 is 2.44 bits per heavy atom. The molecule has 1 aromatic carbocycles. The fourth-order valence-electron chi connectivity index (χ4n) is 1.62. The van der Waals surface area contributed by atoms with E-state index in [4.69, 9.17) is 34.3 Å². The lowest BCUT2D eigenvalue weighted by Crippen LogP contribution is -2.46. The van der Waals surface area contributed by atoms with Gasteiger partial charge >= 0.3 is 0 Å². The average Bonchev–Trinajstić information content (AvgIpc) is 2.28. The molecule has 0 aliphatic carbocycles. The van der Waals surface area contributed by atoms with Crippen molar-refractivity contribution in [2.24, 2.45) is 5.73 Å². The quantitative estimate of drug-likeness (QED) is 0.644. The van der Waals surface area contributed by atoms with Gasteiger partial charge in [-0.05, 0) is 18.2 Å². The van der Waals surface area contributed by atoms with Gasteiger partial charge in [0.05, 0.1) is 10.7 Å². The van der Waals surface area contributed by atoms with Crippen LogP contribution in [-0.4, -0.2) is 30.0 Å². The van der Waals surface area contributed by atoms with Crippen molar-refractivity contribution in [3.8, 4) is 0 Å². The van der Waals surface area contributed by atoms with E-state index in [0.717, 1.165) is 4.90 Å². The Morgan fingerprint density at radius 1 is 1.33 bits per heavy atom. The van der Waals surface area contributed by atoms with E-state index in [2.05, 4.69) is 0 Å². The van der Waals surface area contributed by atoms with Crippen molar-refractivity contribution in [2.75, 3.05) is 18.1 Å². The number of carbonyl (C=O) groups is 2. The van der Waals surface area contributed by atoms with Crippen molar-refractivity contribution in [1.82, 2.24) is 0 Å². The Kier molecular flexibility index (Phi) is 3.60. The van der Waals surface area contributed by atoms with Crippen molar-refractivity contribution in [3.63, 3.8) is 0 Å². The summed E-state index contributed by atoms with van der Waals surface area (Å²) < 4.78 is 4.82. The predicted octanol–water partition coefficient (Wildman–Crippen LogP) is 0.864. The van der Waals surface area contributed by atoms with Gasteiger partial charge in [0, 0.05) is 5.56 Å². The van der Waals surface area contributed by atoms with E-state index < -0.39 is 11.8 Å². The van der Waals surface area contributed by atoms with Crippen molar-refractivity contribution >= 4 is 46.3 Å². The lowest BCUT2D eigenvalue weighted by molar-refractivity contribution is -0.138. The SMILES string of the molecule is NC(=S)c1ccc(N2C(=O)COCC2=O)cc1Cl. The third kappa shape index (κ3) is 2.35. The van der Waals surface area contributed by atoms with Crippen LogP contribution in [0.2, 0.25) is 5.02 Å². The third-order valence-electron chi connectivity index (χ3n) is 2.43. The zero-order chi connectivity index (χ0) is 13.3. The number of ether oxygens (including phenoxy) is 1. The number of hydrogen-bond acceptors (Lipinski definition) is 4. The molecule has 0 aromatic heterocycles. The van der Waals surface area contributed by atoms with Crippen molar-refractivity contribution in [3.05, 3.63) is 28.8 Å². The summed E-state index contributed by atoms with van der Waals surface area (Å²) in [6.45, 7) is -0.249. The van der Waals surface area contributed by atoms with Crippen molar-refractivity contribution < 1.29 is 14.3 Å². The number of halogens is 1. The highest BCUT2D eigenvalue weighted by Crippen LogP contribution is 2.25. The van der Waals surface area contributed by atoms with Crippen LogP contribution < -0.4 is 10.6 Å². The van der Waals surface area contributed by atoms with Gasteiger partial charge in [-0.25, -0.2) is 4.90 Å². The molecule has 94 valence electrons. The first-order valence-corrected chi connectivity index (χ1v) is 5.82. The zero-order valence-electron chi connectivity index (χ0n) is 9.18. The van der Waals surface area contributed by atoms with Gasteiger partial charge < -0.3 is 10.5 Å². The Hall–Kier alpha value is -1.50. The summed E-state index contributed by atoms with van der Waals surface area (Å²) in [4.78, 5) is 24.4. The molecule has 0 unspecified atom stereocenters. The highest BCUT2D eigenvalue weighted by atomic mass is 35.5. The standard InChI is InChI=1S/C11H9ClN2O3S/c12-8-3-6(1-2-7(8)11(13)18)14-9(15)4-17-5-10(14)16/h1-3H,4-5H2,(H2,13,18). The van der Waals surface area contributed by atoms with E-state index >= 15 is 0 Å². The molecule has 0 atom stereocenters. The third-order valence-corrected chi connectivity index (χ3v) is 2.96. The minimum absolute atomic E-state index is 0.125. The van der Waals surface area contributed by atoms with Crippen LogP contribution in [0.5, 0.6) is 0 Å². The number of morpholine rings is 1. The number of carbonyl (C=O) groups excluding carboxylic acids is 2. The maximum absolute atomic E-state index is 11.6. The molecule has 0 radical (unpaired) electrons. The van der Waals surface area contributed by atoms with E-state index in [-0.39, 0.29) is 18.2 Å². The largest absolute Gasteiger partial charge is 0.389 e. The molecule has 1 aromatic rings. The number of rotatable bonds is 2. The molecule has 2 N–H and O–H groups in total. The van der Waals surface area contributed by atoms with Crippen LogP contribution in [0.1, 0.15) is 5.56 Å². The first kappa shape index (κ1) is 12.9. The molecular formula is C11H9ClN2O3S. The van der Waals surface area contributed by atoms with Crippen LogP contribution in [0.15, 0.2) is 18.2 Å². The normalized spacial score (nSPS) is 15.9. The molecule has 1 aliphatic rings. The van der Waals surface area contributed by atoms with Gasteiger partial charge in [0.25, 0.3) is 11.8 Å². The van der Waals surface area contributed by atoms with Crippen molar-refractivity contribution in [1.29, 1.82) is 0 Å². The smallest absolute Gasteiger partial charge is 0.259 e. The van der Waals surface area contributed by atoms with Crippen molar-refractivity contribution in [2.45, 2.75) is 0 Å². The summed E-state index contributed by atoms with van der Waals surface area (Å²) in [7, 11) is 0. The van der Waals surface area contributed by atoms with Crippen LogP contribution in [0.25, 0.3) is 0 Å². The molecule has 1 heterocycles. The highest BCUT2D eigenvalue weighted by molar-refractivity contribution is 7.80. The predicted molar refractivity (Wildman–Crippen MR) is 70.7 cm³/mol. The molecule has 1 aliphatic heterocycles. The topological polar surface area (TPSA) is 72.6 Å². The summed E-state index contributed by atoms with van der Waals surface area (Å²) in [5.41, 5.74) is 6.37. The molecule has 2 amide bonds. The van der Waals surface area contributed by atoms with Crippen LogP contribution >= 0.6 is 23.8 Å². The summed E-state index contributed by atoms with van der Waals surface area (Å²) >= 11 is 10.8. The Morgan fingerprint density at radius 2 is 1.94 bits per heavy atom. The van der Waals surface area contributed by atoms with Crippen LogP contribution in [0, 0.1) is 0 Å². The first-order chi connectivity index (χ1) is 8.50. The number of hydrogen-bond donors (Lipinski definition) is 1. The number of imide groups is 1. The first-order valence-electron chi connectivity index (χ1n) is 5.03. The lowest BCUT2D eigenvalue weighted by atomic mass is 10.2. The minimum Gasteiger partial charge on any atom is -0.389 e. The van der Waals surface area contributed by atoms with Gasteiger partial charge in [0.2, 0.25) is 0 Å². The second kappa shape index (κ2) is 5.01. The molecule has 5 nitrogen and oxygen atoms in total. The molecule has 2 rings (SSSR count). The van der Waals surface area contributed by atoms with Crippen LogP contribution in [0.3, 0.4) is 0 Å². The maximum atomic E-state index is 11.6. The van der Waals surface area contributed by atoms with E-state index in [1.54, 1.807) is 12.1 Å². The number of nitrogens with zero attached hydrogens (tertiary/aromatic N) is 1. The van der Waals surface area contributed by atoms with Gasteiger partial charge in [-0.3, -0.25) is 9.59 Å². The molecule has 1 fully saturated rings. The fourth-order valence-corrected chi connectivity index (χ4v) is 2.14. The number of amides is 2. The molecule has 1 saturated heterocycles. The Labute approximate surface area is 113 Å². The number of nitrogens with two attached hydrogens (primary N) is 1. The van der Waals surface area contributed by atoms with Gasteiger partial charge in [-0.2, -0.15) is 0 Å². The summed E-state index contributed by atoms with van der Waals surface area (Å²) in [6, 6.07) is 4.63. The van der Waals surface area contributed by atoms with E-state index in [0.29, 0.717) is 16.3 Å². The van der Waals surface area contributed by atoms with E-state index in [1.807, 2.05) is 0 Å². The molecule has 0 saturated carbocycles. The Balaban J connectivity index is 2.39. The summed E-state index contributed by atoms with van der Waals surface area (Å²) in [5.74, 6) is -0.851. The van der Waals surface area contributed by atoms with E-state index in [9.17, 15) is 9.59 Å². The van der Waals surface area contributed by atoms with Gasteiger partial charge in [0.1, 0.15) is 18.2 Å². The zero-order valence-corrected chi connectivity index (χ0v) is 10.8. The van der Waals surface area contributed by atoms with Gasteiger partial charge in [0.15, 0.2) is 0 Å². The van der Waals surface area contributed by atoms with Gasteiger partial charge in [-0.15, -0.1) is 0 Å². The molecule has 0 spiro atoms. The molecule has 7 heteroatoms. The van der Waals surface area contributed by atoms with Gasteiger partial charge in [-0.1, -0.05) is 23.8 Å². The maximum Gasteiger partial charge on any atom is 0.259 e. The second-order valence-corrected chi connectivity index (χ2v) is 4.49. The lowest BCUT2D eigenvalue weighted by Gasteiger charge is -2.25. The fraction of sp³-hybridized carbons (Fsp3) is 0.182. The number of anilines is 1. The molecule has 0 bridgehead atoms. The van der Waals surface area contributed by atoms with Crippen LogP contribution in [0.4, 0.5) is 5.69 Å². The molecular weight excluding hydrogens is 276 g/mol. The second-order valence-electron chi connectivity index (χ2n) is 3.64.